The van der Waals surface area contributed by atoms with Crippen LogP contribution in [0.2, 0.25) is 0 Å². The second-order valence-corrected chi connectivity index (χ2v) is 8.55. The Hall–Kier alpha value is -1.32. The maximum Gasteiger partial charge on any atom is 0.121 e. The number of benzene rings is 1. The molecule has 25 heavy (non-hydrogen) atoms. The largest absolute Gasteiger partial charge is 0.385 e. The fraction of sp³-hybridized carbons (Fsp3) is 0.636. The summed E-state index contributed by atoms with van der Waals surface area (Å²) in [5.41, 5.74) is 5.72. The fourth-order valence-corrected chi connectivity index (χ4v) is 4.94. The molecule has 0 amide bonds. The van der Waals surface area contributed by atoms with Gasteiger partial charge in [-0.25, -0.2) is 0 Å². The first-order valence-electron chi connectivity index (χ1n) is 10.2. The highest BCUT2D eigenvalue weighted by Gasteiger charge is 2.25. The third kappa shape index (κ3) is 3.50. The second-order valence-electron chi connectivity index (χ2n) is 8.55. The lowest BCUT2D eigenvalue weighted by Gasteiger charge is -2.29. The molecule has 1 aliphatic heterocycles. The Morgan fingerprint density at radius 2 is 1.96 bits per heavy atom. The van der Waals surface area contributed by atoms with Crippen molar-refractivity contribution in [2.24, 2.45) is 5.92 Å². The van der Waals surface area contributed by atoms with Gasteiger partial charge in [-0.2, -0.15) is 0 Å². The number of aliphatic hydroxyl groups is 1. The van der Waals surface area contributed by atoms with E-state index in [4.69, 9.17) is 0 Å². The van der Waals surface area contributed by atoms with Crippen molar-refractivity contribution in [2.75, 3.05) is 19.6 Å². The molecule has 1 saturated heterocycles. The Morgan fingerprint density at radius 1 is 1.20 bits per heavy atom. The molecule has 4 rings (SSSR count). The van der Waals surface area contributed by atoms with Crippen molar-refractivity contribution in [3.05, 3.63) is 35.0 Å². The summed E-state index contributed by atoms with van der Waals surface area (Å²) >= 11 is 0. The van der Waals surface area contributed by atoms with Crippen LogP contribution in [-0.2, 0) is 19.4 Å². The topological polar surface area (TPSA) is 29.6 Å². The van der Waals surface area contributed by atoms with E-state index in [2.05, 4.69) is 36.6 Å². The molecule has 0 unspecified atom stereocenters. The van der Waals surface area contributed by atoms with Gasteiger partial charge in [-0.05, 0) is 69.1 Å². The minimum atomic E-state index is -0.244. The predicted octanol–water partition coefficient (Wildman–Crippen LogP) is 2.50. The summed E-state index contributed by atoms with van der Waals surface area (Å²) in [4.78, 5) is 1.59. The molecule has 0 radical (unpaired) electrons. The van der Waals surface area contributed by atoms with Gasteiger partial charge in [-0.15, -0.1) is 0 Å². The van der Waals surface area contributed by atoms with Crippen molar-refractivity contribution in [2.45, 2.75) is 65.0 Å². The number of quaternary nitrogens is 1. The minimum absolute atomic E-state index is 0.244. The van der Waals surface area contributed by atoms with Gasteiger partial charge in [0, 0.05) is 16.6 Å². The molecule has 1 aliphatic carbocycles. The number of rotatable bonds is 4. The smallest absolute Gasteiger partial charge is 0.121 e. The van der Waals surface area contributed by atoms with E-state index in [1.807, 2.05) is 0 Å². The molecule has 2 N–H and O–H groups in total. The van der Waals surface area contributed by atoms with Crippen LogP contribution in [0.15, 0.2) is 18.2 Å². The van der Waals surface area contributed by atoms with E-state index in [1.54, 1.807) is 10.5 Å². The van der Waals surface area contributed by atoms with E-state index < -0.39 is 0 Å². The van der Waals surface area contributed by atoms with Crippen LogP contribution in [-0.4, -0.2) is 35.4 Å². The monoisotopic (exact) mass is 341 g/mol. The lowest BCUT2D eigenvalue weighted by molar-refractivity contribution is -0.909. The number of aromatic nitrogens is 1. The third-order valence-electron chi connectivity index (χ3n) is 6.43. The van der Waals surface area contributed by atoms with E-state index in [-0.39, 0.29) is 6.10 Å². The molecule has 136 valence electrons. The number of nitrogens with one attached hydrogen (secondary N) is 1. The molecule has 0 bridgehead atoms. The first kappa shape index (κ1) is 17.1. The van der Waals surface area contributed by atoms with Crippen LogP contribution in [0.1, 0.15) is 49.4 Å². The minimum Gasteiger partial charge on any atom is -0.385 e. The van der Waals surface area contributed by atoms with Crippen molar-refractivity contribution in [1.29, 1.82) is 0 Å². The van der Waals surface area contributed by atoms with Gasteiger partial charge in [-0.3, -0.25) is 0 Å². The molecule has 1 aromatic heterocycles. The van der Waals surface area contributed by atoms with Crippen LogP contribution in [0.3, 0.4) is 0 Å². The summed E-state index contributed by atoms with van der Waals surface area (Å²) in [5.74, 6) is 0.865. The zero-order valence-electron chi connectivity index (χ0n) is 15.9. The summed E-state index contributed by atoms with van der Waals surface area (Å²) in [6.45, 7) is 8.64. The number of aryl methyl sites for hydroxylation is 2. The molecule has 2 heterocycles. The van der Waals surface area contributed by atoms with Crippen LogP contribution in [0.5, 0.6) is 0 Å². The molecular weight excluding hydrogens is 308 g/mol. The lowest BCUT2D eigenvalue weighted by Crippen LogP contribution is -3.14. The molecule has 0 spiro atoms. The van der Waals surface area contributed by atoms with Gasteiger partial charge < -0.3 is 14.6 Å². The lowest BCUT2D eigenvalue weighted by atomic mass is 9.95. The molecule has 3 nitrogen and oxygen atoms in total. The number of hydrogen-bond acceptors (Lipinski definition) is 1. The van der Waals surface area contributed by atoms with Crippen LogP contribution in [0.25, 0.3) is 10.9 Å². The van der Waals surface area contributed by atoms with Gasteiger partial charge in [0.05, 0.1) is 19.6 Å². The Kier molecular flexibility index (Phi) is 4.88. The molecule has 2 aromatic rings. The van der Waals surface area contributed by atoms with Gasteiger partial charge in [0.25, 0.3) is 0 Å². The SMILES string of the molecule is Cc1ccc2c(c1)c1c(n2C[C@@H](O)C[NH+]2CCC(C)CC2)CCCC1. The van der Waals surface area contributed by atoms with Crippen molar-refractivity contribution < 1.29 is 10.0 Å². The van der Waals surface area contributed by atoms with Gasteiger partial charge in [-0.1, -0.05) is 18.6 Å². The van der Waals surface area contributed by atoms with E-state index in [9.17, 15) is 5.11 Å². The maximum atomic E-state index is 10.8. The molecule has 1 atom stereocenters. The average Bonchev–Trinajstić information content (AvgIpc) is 2.91. The molecule has 2 aliphatic rings. The Morgan fingerprint density at radius 3 is 2.76 bits per heavy atom. The molecular formula is C22H33N2O+. The van der Waals surface area contributed by atoms with Crippen molar-refractivity contribution >= 4 is 10.9 Å². The molecule has 1 aromatic carbocycles. The summed E-state index contributed by atoms with van der Waals surface area (Å²) < 4.78 is 2.44. The zero-order chi connectivity index (χ0) is 17.4. The number of piperidine rings is 1. The number of nitrogens with zero attached hydrogens (tertiary/aromatic N) is 1. The fourth-order valence-electron chi connectivity index (χ4n) is 4.94. The van der Waals surface area contributed by atoms with Gasteiger partial charge >= 0.3 is 0 Å². The third-order valence-corrected chi connectivity index (χ3v) is 6.43. The molecule has 0 saturated carbocycles. The maximum absolute atomic E-state index is 10.8. The normalized spacial score (nSPS) is 25.1. The first-order chi connectivity index (χ1) is 12.1. The Bertz CT molecular complexity index is 740. The van der Waals surface area contributed by atoms with E-state index in [0.717, 1.165) is 19.0 Å². The number of likely N-dealkylation sites (tertiary alicyclic amines) is 1. The standard InChI is InChI=1S/C22H32N2O/c1-16-9-11-23(12-10-16)14-18(25)15-24-21-6-4-3-5-19(21)20-13-17(2)7-8-22(20)24/h7-8,13,16,18,25H,3-6,9-12,14-15H2,1-2H3/p+1/t18-/m0/s1. The van der Waals surface area contributed by atoms with E-state index in [1.165, 1.54) is 73.8 Å². The summed E-state index contributed by atoms with van der Waals surface area (Å²) in [7, 11) is 0. The van der Waals surface area contributed by atoms with Crippen LogP contribution >= 0.6 is 0 Å². The quantitative estimate of drug-likeness (QED) is 0.879. The highest BCUT2D eigenvalue weighted by atomic mass is 16.3. The van der Waals surface area contributed by atoms with Crippen LogP contribution in [0.4, 0.5) is 0 Å². The Labute approximate surface area is 151 Å². The average molecular weight is 342 g/mol. The molecule has 1 fully saturated rings. The van der Waals surface area contributed by atoms with Gasteiger partial charge in [0.1, 0.15) is 12.6 Å². The summed E-state index contributed by atoms with van der Waals surface area (Å²) in [5, 5.41) is 12.2. The molecule has 3 heteroatoms. The van der Waals surface area contributed by atoms with Crippen molar-refractivity contribution in [3.8, 4) is 0 Å². The van der Waals surface area contributed by atoms with Crippen molar-refractivity contribution in [3.63, 3.8) is 0 Å². The highest BCUT2D eigenvalue weighted by Crippen LogP contribution is 2.33. The van der Waals surface area contributed by atoms with Crippen LogP contribution in [0, 0.1) is 12.8 Å². The van der Waals surface area contributed by atoms with Crippen LogP contribution < -0.4 is 4.90 Å². The number of aliphatic hydroxyl groups excluding tert-OH is 1. The van der Waals surface area contributed by atoms with Crippen molar-refractivity contribution in [1.82, 2.24) is 4.57 Å². The van der Waals surface area contributed by atoms with E-state index >= 15 is 0 Å². The summed E-state index contributed by atoms with van der Waals surface area (Å²) in [6.07, 6.45) is 7.34. The second kappa shape index (κ2) is 7.13. The van der Waals surface area contributed by atoms with Gasteiger partial charge in [0.15, 0.2) is 0 Å². The first-order valence-corrected chi connectivity index (χ1v) is 10.2. The number of hydrogen-bond donors (Lipinski definition) is 2. The Balaban J connectivity index is 1.56. The van der Waals surface area contributed by atoms with E-state index in [0.29, 0.717) is 0 Å². The predicted molar refractivity (Wildman–Crippen MR) is 103 cm³/mol. The summed E-state index contributed by atoms with van der Waals surface area (Å²) in [6, 6.07) is 6.83. The zero-order valence-corrected chi connectivity index (χ0v) is 15.9. The van der Waals surface area contributed by atoms with Gasteiger partial charge in [0.2, 0.25) is 0 Å². The highest BCUT2D eigenvalue weighted by molar-refractivity contribution is 5.86. The number of fused-ring (bicyclic) bond motifs is 3.